The molecule has 38 valence electrons. The quantitative estimate of drug-likeness (QED) is 0.394. The van der Waals surface area contributed by atoms with Crippen LogP contribution >= 0.6 is 11.9 Å². The van der Waals surface area contributed by atoms with Crippen LogP contribution in [0.25, 0.3) is 0 Å². The molecular weight excluding hydrogens is 98.1 g/mol. The van der Waals surface area contributed by atoms with Gasteiger partial charge < -0.3 is 5.11 Å². The van der Waals surface area contributed by atoms with Crippen molar-refractivity contribution < 1.29 is 5.11 Å². The fourth-order valence-corrected chi connectivity index (χ4v) is 0.289. The van der Waals surface area contributed by atoms with Crippen LogP contribution in [0.4, 0.5) is 0 Å². The lowest BCUT2D eigenvalue weighted by Gasteiger charge is -1.97. The van der Waals surface area contributed by atoms with Crippen molar-refractivity contribution in [2.75, 3.05) is 0 Å². The minimum Gasteiger partial charge on any atom is -0.381 e. The van der Waals surface area contributed by atoms with Gasteiger partial charge in [0, 0.05) is 0 Å². The third kappa shape index (κ3) is 2.50. The molecule has 1 atom stereocenters. The summed E-state index contributed by atoms with van der Waals surface area (Å²) in [6.45, 7) is 1.88. The lowest BCUT2D eigenvalue weighted by atomic mass is 10.5. The molecule has 0 bridgehead atoms. The molecule has 0 rings (SSSR count). The minimum atomic E-state index is -0.370. The van der Waals surface area contributed by atoms with Crippen molar-refractivity contribution in [2.45, 2.75) is 18.8 Å². The zero-order chi connectivity index (χ0) is 4.99. The lowest BCUT2D eigenvalue weighted by Crippen LogP contribution is -2.00. The molecule has 0 aromatic heterocycles. The van der Waals surface area contributed by atoms with Gasteiger partial charge in [-0.15, -0.1) is 0 Å². The van der Waals surface area contributed by atoms with Crippen LogP contribution in [0, 0.1) is 0 Å². The first kappa shape index (κ1) is 6.27. The van der Waals surface area contributed by atoms with E-state index in [-0.39, 0.29) is 5.44 Å². The highest BCUT2D eigenvalue weighted by Crippen LogP contribution is 1.99. The molecule has 0 saturated carbocycles. The van der Waals surface area contributed by atoms with E-state index in [9.17, 15) is 0 Å². The molecule has 0 aromatic carbocycles. The van der Waals surface area contributed by atoms with E-state index in [1.807, 2.05) is 6.92 Å². The van der Waals surface area contributed by atoms with Gasteiger partial charge in [-0.05, 0) is 6.42 Å². The van der Waals surface area contributed by atoms with E-state index in [0.717, 1.165) is 18.4 Å². The molecular formula is C3H9NOS. The Balaban J connectivity index is 2.75. The summed E-state index contributed by atoms with van der Waals surface area (Å²) in [4.78, 5) is 0. The lowest BCUT2D eigenvalue weighted by molar-refractivity contribution is 0.259. The number of hydrogen-bond donors (Lipinski definition) is 2. The first-order chi connectivity index (χ1) is 2.81. The Labute approximate surface area is 41.9 Å². The smallest absolute Gasteiger partial charge is 0.113 e. The van der Waals surface area contributed by atoms with Crippen molar-refractivity contribution in [1.82, 2.24) is 0 Å². The van der Waals surface area contributed by atoms with Crippen molar-refractivity contribution in [1.29, 1.82) is 0 Å². The average Bonchev–Trinajstić information content (AvgIpc) is 1.65. The monoisotopic (exact) mass is 107 g/mol. The molecule has 0 aliphatic rings. The number of aliphatic hydroxyl groups excluding tert-OH is 1. The molecule has 0 aromatic rings. The number of aliphatic hydroxyl groups is 1. The predicted molar refractivity (Wildman–Crippen MR) is 28.1 cm³/mol. The Morgan fingerprint density at radius 2 is 2.50 bits per heavy atom. The van der Waals surface area contributed by atoms with Gasteiger partial charge >= 0.3 is 0 Å². The van der Waals surface area contributed by atoms with Gasteiger partial charge in [0.25, 0.3) is 0 Å². The zero-order valence-electron chi connectivity index (χ0n) is 3.72. The topological polar surface area (TPSA) is 46.2 Å². The van der Waals surface area contributed by atoms with Crippen LogP contribution in [0.1, 0.15) is 13.3 Å². The van der Waals surface area contributed by atoms with Gasteiger partial charge in [0.15, 0.2) is 0 Å². The second-order valence-electron chi connectivity index (χ2n) is 0.999. The molecule has 0 aliphatic heterocycles. The van der Waals surface area contributed by atoms with Crippen molar-refractivity contribution in [3.63, 3.8) is 0 Å². The summed E-state index contributed by atoms with van der Waals surface area (Å²) >= 11 is 0.980. The van der Waals surface area contributed by atoms with Gasteiger partial charge in [-0.3, -0.25) is 5.14 Å². The molecule has 3 heteroatoms. The van der Waals surface area contributed by atoms with E-state index in [4.69, 9.17) is 10.2 Å². The predicted octanol–water partition coefficient (Wildman–Crippen LogP) is 0.322. The summed E-state index contributed by atoms with van der Waals surface area (Å²) in [6, 6.07) is 0. The maximum Gasteiger partial charge on any atom is 0.113 e. The van der Waals surface area contributed by atoms with Crippen molar-refractivity contribution in [3.8, 4) is 0 Å². The van der Waals surface area contributed by atoms with E-state index in [1.165, 1.54) is 0 Å². The van der Waals surface area contributed by atoms with Gasteiger partial charge in [-0.1, -0.05) is 18.9 Å². The molecule has 6 heavy (non-hydrogen) atoms. The Kier molecular flexibility index (Phi) is 3.62. The first-order valence-corrected chi connectivity index (χ1v) is 2.79. The van der Waals surface area contributed by atoms with E-state index in [2.05, 4.69) is 0 Å². The summed E-state index contributed by atoms with van der Waals surface area (Å²) in [5.41, 5.74) is -0.370. The van der Waals surface area contributed by atoms with Gasteiger partial charge in [-0.2, -0.15) is 0 Å². The maximum atomic E-state index is 8.50. The molecule has 0 saturated heterocycles. The average molecular weight is 107 g/mol. The van der Waals surface area contributed by atoms with Crippen molar-refractivity contribution >= 4 is 11.9 Å². The summed E-state index contributed by atoms with van der Waals surface area (Å²) in [5.74, 6) is 0. The molecule has 0 aliphatic carbocycles. The summed E-state index contributed by atoms with van der Waals surface area (Å²) in [7, 11) is 0. The third-order valence-electron chi connectivity index (χ3n) is 0.506. The SMILES string of the molecule is CCC(O)SN. The van der Waals surface area contributed by atoms with Crippen molar-refractivity contribution in [3.05, 3.63) is 0 Å². The van der Waals surface area contributed by atoms with E-state index in [1.54, 1.807) is 0 Å². The largest absolute Gasteiger partial charge is 0.381 e. The van der Waals surface area contributed by atoms with Gasteiger partial charge in [0.2, 0.25) is 0 Å². The molecule has 0 amide bonds. The number of nitrogens with two attached hydrogens (primary N) is 1. The van der Waals surface area contributed by atoms with E-state index in [0.29, 0.717) is 0 Å². The molecule has 0 radical (unpaired) electrons. The third-order valence-corrected chi connectivity index (χ3v) is 1.15. The molecule has 0 fully saturated rings. The number of hydrogen-bond acceptors (Lipinski definition) is 3. The second-order valence-corrected chi connectivity index (χ2v) is 1.82. The maximum absolute atomic E-state index is 8.50. The van der Waals surface area contributed by atoms with Gasteiger partial charge in [-0.25, -0.2) is 0 Å². The molecule has 0 spiro atoms. The normalized spacial score (nSPS) is 14.5. The minimum absolute atomic E-state index is 0.370. The Morgan fingerprint density at radius 3 is 2.50 bits per heavy atom. The van der Waals surface area contributed by atoms with Crippen LogP contribution in [0.3, 0.4) is 0 Å². The fraction of sp³-hybridized carbons (Fsp3) is 1.00. The van der Waals surface area contributed by atoms with Crippen LogP contribution in [0.5, 0.6) is 0 Å². The van der Waals surface area contributed by atoms with E-state index < -0.39 is 0 Å². The first-order valence-electron chi connectivity index (χ1n) is 1.84. The molecule has 0 heterocycles. The summed E-state index contributed by atoms with van der Waals surface area (Å²) < 4.78 is 0. The standard InChI is InChI=1S/C3H9NOS/c1-2-3(5)6-4/h3,5H,2,4H2,1H3. The van der Waals surface area contributed by atoms with E-state index >= 15 is 0 Å². The highest BCUT2D eigenvalue weighted by molar-refractivity contribution is 7.97. The molecule has 2 nitrogen and oxygen atoms in total. The highest BCUT2D eigenvalue weighted by Gasteiger charge is 1.92. The Hall–Kier alpha value is 0.270. The van der Waals surface area contributed by atoms with Gasteiger partial charge in [0.1, 0.15) is 5.44 Å². The van der Waals surface area contributed by atoms with Crippen molar-refractivity contribution in [2.24, 2.45) is 5.14 Å². The van der Waals surface area contributed by atoms with Crippen LogP contribution in [-0.2, 0) is 0 Å². The highest BCUT2D eigenvalue weighted by atomic mass is 32.2. The number of rotatable bonds is 2. The van der Waals surface area contributed by atoms with Crippen LogP contribution in [-0.4, -0.2) is 10.5 Å². The summed E-state index contributed by atoms with van der Waals surface area (Å²) in [6.07, 6.45) is 0.723. The zero-order valence-corrected chi connectivity index (χ0v) is 4.53. The Morgan fingerprint density at radius 1 is 2.00 bits per heavy atom. The second kappa shape index (κ2) is 3.46. The summed E-state index contributed by atoms with van der Waals surface area (Å²) in [5, 5.41) is 13.5. The Bertz CT molecular complexity index is 30.0. The van der Waals surface area contributed by atoms with Crippen LogP contribution < -0.4 is 5.14 Å². The molecule has 3 N–H and O–H groups in total. The van der Waals surface area contributed by atoms with Gasteiger partial charge in [0.05, 0.1) is 0 Å². The molecule has 1 unspecified atom stereocenters. The van der Waals surface area contributed by atoms with Crippen LogP contribution in [0.15, 0.2) is 0 Å². The fourth-order valence-electron chi connectivity index (χ4n) is 0.0962. The van der Waals surface area contributed by atoms with Crippen LogP contribution in [0.2, 0.25) is 0 Å².